The topological polar surface area (TPSA) is 18.5 Å². The van der Waals surface area contributed by atoms with Crippen molar-refractivity contribution in [3.05, 3.63) is 41.5 Å². The number of ether oxygens (including phenoxy) is 2. The summed E-state index contributed by atoms with van der Waals surface area (Å²) < 4.78 is 11.1. The average Bonchev–Trinajstić information content (AvgIpc) is 2.38. The van der Waals surface area contributed by atoms with E-state index in [2.05, 4.69) is 43.3 Å². The molecule has 2 rings (SSSR count). The molecule has 1 unspecified atom stereocenters. The first-order valence-corrected chi connectivity index (χ1v) is 6.31. The first-order valence-electron chi connectivity index (χ1n) is 6.31. The van der Waals surface area contributed by atoms with Crippen LogP contribution in [0.5, 0.6) is 0 Å². The van der Waals surface area contributed by atoms with Crippen molar-refractivity contribution in [1.82, 2.24) is 0 Å². The third-order valence-electron chi connectivity index (χ3n) is 3.00. The second kappa shape index (κ2) is 6.58. The van der Waals surface area contributed by atoms with Crippen LogP contribution < -0.4 is 0 Å². The van der Waals surface area contributed by atoms with Crippen molar-refractivity contribution in [1.29, 1.82) is 0 Å². The Hall–Kier alpha value is -1.12. The Bertz CT molecular complexity index is 365. The van der Waals surface area contributed by atoms with Gasteiger partial charge in [-0.05, 0) is 37.3 Å². The molecule has 1 heterocycles. The Balaban J connectivity index is 1.76. The molecule has 0 aromatic heterocycles. The molecule has 17 heavy (non-hydrogen) atoms. The lowest BCUT2D eigenvalue weighted by atomic mass is 10.1. The van der Waals surface area contributed by atoms with Crippen LogP contribution in [-0.4, -0.2) is 19.5 Å². The maximum Gasteiger partial charge on any atom is 0.157 e. The minimum Gasteiger partial charge on any atom is -0.353 e. The SMILES string of the molecule is Cc1ccccc1/C=C/COC1CCCCO1. The lowest BCUT2D eigenvalue weighted by Gasteiger charge is -2.21. The maximum absolute atomic E-state index is 5.64. The van der Waals surface area contributed by atoms with Gasteiger partial charge in [-0.1, -0.05) is 36.4 Å². The zero-order chi connectivity index (χ0) is 11.9. The van der Waals surface area contributed by atoms with Gasteiger partial charge >= 0.3 is 0 Å². The Morgan fingerprint density at radius 3 is 3.00 bits per heavy atom. The van der Waals surface area contributed by atoms with E-state index in [1.165, 1.54) is 24.0 Å². The molecule has 0 bridgehead atoms. The van der Waals surface area contributed by atoms with Crippen molar-refractivity contribution < 1.29 is 9.47 Å². The van der Waals surface area contributed by atoms with E-state index in [4.69, 9.17) is 9.47 Å². The highest BCUT2D eigenvalue weighted by molar-refractivity contribution is 5.53. The highest BCUT2D eigenvalue weighted by Gasteiger charge is 2.12. The standard InChI is InChI=1S/C15H20O2/c1-13-7-2-3-8-14(13)9-6-12-17-15-10-4-5-11-16-15/h2-3,6-9,15H,4-5,10-12H2,1H3/b9-6+. The molecule has 1 aliphatic heterocycles. The van der Waals surface area contributed by atoms with Crippen molar-refractivity contribution in [2.75, 3.05) is 13.2 Å². The average molecular weight is 232 g/mol. The van der Waals surface area contributed by atoms with Crippen molar-refractivity contribution in [2.24, 2.45) is 0 Å². The highest BCUT2D eigenvalue weighted by Crippen LogP contribution is 2.14. The van der Waals surface area contributed by atoms with E-state index in [1.54, 1.807) is 0 Å². The molecule has 2 heteroatoms. The molecule has 1 aromatic rings. The summed E-state index contributed by atoms with van der Waals surface area (Å²) in [5.41, 5.74) is 2.54. The number of benzene rings is 1. The van der Waals surface area contributed by atoms with Crippen LogP contribution in [0, 0.1) is 6.92 Å². The maximum atomic E-state index is 5.64. The zero-order valence-corrected chi connectivity index (χ0v) is 10.4. The molecule has 0 radical (unpaired) electrons. The molecule has 1 atom stereocenters. The predicted octanol–water partition coefficient (Wildman–Crippen LogP) is 3.55. The summed E-state index contributed by atoms with van der Waals surface area (Å²) in [6, 6.07) is 8.34. The van der Waals surface area contributed by atoms with Gasteiger partial charge in [-0.3, -0.25) is 0 Å². The van der Waals surface area contributed by atoms with Gasteiger partial charge in [0, 0.05) is 6.61 Å². The molecule has 0 spiro atoms. The van der Waals surface area contributed by atoms with Gasteiger partial charge in [0.15, 0.2) is 6.29 Å². The Labute approximate surface area is 103 Å². The summed E-state index contributed by atoms with van der Waals surface area (Å²) in [5.74, 6) is 0. The fourth-order valence-corrected chi connectivity index (χ4v) is 1.95. The van der Waals surface area contributed by atoms with Gasteiger partial charge in [0.1, 0.15) is 0 Å². The predicted molar refractivity (Wildman–Crippen MR) is 69.8 cm³/mol. The molecular formula is C15H20O2. The van der Waals surface area contributed by atoms with Gasteiger partial charge in [0.25, 0.3) is 0 Å². The third-order valence-corrected chi connectivity index (χ3v) is 3.00. The minimum atomic E-state index is 0.00488. The smallest absolute Gasteiger partial charge is 0.157 e. The van der Waals surface area contributed by atoms with Gasteiger partial charge in [0.2, 0.25) is 0 Å². The number of hydrogen-bond acceptors (Lipinski definition) is 2. The van der Waals surface area contributed by atoms with Crippen LogP contribution in [0.3, 0.4) is 0 Å². The van der Waals surface area contributed by atoms with Crippen molar-refractivity contribution in [3.8, 4) is 0 Å². The molecule has 0 aliphatic carbocycles. The van der Waals surface area contributed by atoms with E-state index in [1.807, 2.05) is 0 Å². The molecule has 0 amide bonds. The van der Waals surface area contributed by atoms with Crippen LogP contribution in [0.25, 0.3) is 6.08 Å². The lowest BCUT2D eigenvalue weighted by molar-refractivity contribution is -0.155. The number of hydrogen-bond donors (Lipinski definition) is 0. The lowest BCUT2D eigenvalue weighted by Crippen LogP contribution is -2.22. The molecule has 1 aliphatic rings. The minimum absolute atomic E-state index is 0.00488. The van der Waals surface area contributed by atoms with Crippen LogP contribution in [-0.2, 0) is 9.47 Å². The summed E-state index contributed by atoms with van der Waals surface area (Å²) in [6.07, 6.45) is 7.58. The summed E-state index contributed by atoms with van der Waals surface area (Å²) in [6.45, 7) is 3.58. The van der Waals surface area contributed by atoms with E-state index in [9.17, 15) is 0 Å². The quantitative estimate of drug-likeness (QED) is 0.790. The molecule has 2 nitrogen and oxygen atoms in total. The second-order valence-corrected chi connectivity index (χ2v) is 4.39. The zero-order valence-electron chi connectivity index (χ0n) is 10.4. The van der Waals surface area contributed by atoms with Crippen LogP contribution >= 0.6 is 0 Å². The molecule has 1 aromatic carbocycles. The Morgan fingerprint density at radius 2 is 2.24 bits per heavy atom. The van der Waals surface area contributed by atoms with Crippen LogP contribution in [0.4, 0.5) is 0 Å². The van der Waals surface area contributed by atoms with Crippen LogP contribution in [0.15, 0.2) is 30.3 Å². The number of aryl methyl sites for hydroxylation is 1. The van der Waals surface area contributed by atoms with Gasteiger partial charge in [-0.25, -0.2) is 0 Å². The van der Waals surface area contributed by atoms with E-state index in [-0.39, 0.29) is 6.29 Å². The van der Waals surface area contributed by atoms with E-state index >= 15 is 0 Å². The molecule has 1 saturated heterocycles. The Morgan fingerprint density at radius 1 is 1.35 bits per heavy atom. The first-order chi connectivity index (χ1) is 8.36. The largest absolute Gasteiger partial charge is 0.353 e. The van der Waals surface area contributed by atoms with Crippen molar-refractivity contribution >= 4 is 6.08 Å². The normalized spacial score (nSPS) is 20.9. The van der Waals surface area contributed by atoms with E-state index < -0.39 is 0 Å². The van der Waals surface area contributed by atoms with Crippen LogP contribution in [0.1, 0.15) is 30.4 Å². The third kappa shape index (κ3) is 3.99. The fourth-order valence-electron chi connectivity index (χ4n) is 1.95. The van der Waals surface area contributed by atoms with Gasteiger partial charge < -0.3 is 9.47 Å². The van der Waals surface area contributed by atoms with E-state index in [0.29, 0.717) is 6.61 Å². The molecule has 0 saturated carbocycles. The van der Waals surface area contributed by atoms with Crippen LogP contribution in [0.2, 0.25) is 0 Å². The van der Waals surface area contributed by atoms with E-state index in [0.717, 1.165) is 13.0 Å². The van der Waals surface area contributed by atoms with Crippen molar-refractivity contribution in [2.45, 2.75) is 32.5 Å². The van der Waals surface area contributed by atoms with Crippen molar-refractivity contribution in [3.63, 3.8) is 0 Å². The summed E-state index contributed by atoms with van der Waals surface area (Å²) in [7, 11) is 0. The molecular weight excluding hydrogens is 212 g/mol. The van der Waals surface area contributed by atoms with Gasteiger partial charge in [-0.15, -0.1) is 0 Å². The molecule has 92 valence electrons. The molecule has 1 fully saturated rings. The monoisotopic (exact) mass is 232 g/mol. The first kappa shape index (κ1) is 12.3. The highest BCUT2D eigenvalue weighted by atomic mass is 16.7. The summed E-state index contributed by atoms with van der Waals surface area (Å²) >= 11 is 0. The Kier molecular flexibility index (Phi) is 4.77. The fraction of sp³-hybridized carbons (Fsp3) is 0.467. The molecule has 0 N–H and O–H groups in total. The second-order valence-electron chi connectivity index (χ2n) is 4.39. The van der Waals surface area contributed by atoms with Gasteiger partial charge in [-0.2, -0.15) is 0 Å². The summed E-state index contributed by atoms with van der Waals surface area (Å²) in [5, 5.41) is 0. The van der Waals surface area contributed by atoms with Gasteiger partial charge in [0.05, 0.1) is 6.61 Å². The number of rotatable bonds is 4. The summed E-state index contributed by atoms with van der Waals surface area (Å²) in [4.78, 5) is 0.